The molecule has 0 aliphatic rings. The summed E-state index contributed by atoms with van der Waals surface area (Å²) in [5.74, 6) is 1.42. The van der Waals surface area contributed by atoms with Crippen molar-refractivity contribution in [2.75, 3.05) is 20.7 Å². The van der Waals surface area contributed by atoms with E-state index >= 15 is 0 Å². The largest absolute Gasteiger partial charge is 0.465 e. The van der Waals surface area contributed by atoms with Crippen LogP contribution < -0.4 is 10.6 Å². The summed E-state index contributed by atoms with van der Waals surface area (Å²) in [5.41, 5.74) is 1.63. The molecule has 0 fully saturated rings. The number of nitrogens with one attached hydrogen (secondary N) is 2. The van der Waals surface area contributed by atoms with Gasteiger partial charge in [0.25, 0.3) is 0 Å². The number of carbonyl (C=O) groups is 1. The number of nitrogens with zero attached hydrogens (tertiary/aromatic N) is 1. The maximum Gasteiger partial charge on any atom is 0.341 e. The summed E-state index contributed by atoms with van der Waals surface area (Å²) >= 11 is 5.88. The van der Waals surface area contributed by atoms with Crippen LogP contribution in [0.15, 0.2) is 39.7 Å². The van der Waals surface area contributed by atoms with Crippen molar-refractivity contribution in [3.63, 3.8) is 0 Å². The van der Waals surface area contributed by atoms with E-state index in [-0.39, 0.29) is 0 Å². The van der Waals surface area contributed by atoms with Gasteiger partial charge in [-0.2, -0.15) is 0 Å². The molecule has 2 N–H and O–H groups in total. The third-order valence-corrected chi connectivity index (χ3v) is 3.90. The highest BCUT2D eigenvalue weighted by molar-refractivity contribution is 6.30. The van der Waals surface area contributed by atoms with Crippen molar-refractivity contribution in [3.05, 3.63) is 58.0 Å². The molecule has 7 heteroatoms. The minimum Gasteiger partial charge on any atom is -0.465 e. The summed E-state index contributed by atoms with van der Waals surface area (Å²) in [6.07, 6.45) is 0.851. The van der Waals surface area contributed by atoms with Gasteiger partial charge in [0.2, 0.25) is 0 Å². The Morgan fingerprint density at radius 3 is 2.64 bits per heavy atom. The Balaban J connectivity index is 1.82. The van der Waals surface area contributed by atoms with Gasteiger partial charge >= 0.3 is 5.97 Å². The van der Waals surface area contributed by atoms with Crippen molar-refractivity contribution >= 4 is 23.5 Å². The van der Waals surface area contributed by atoms with E-state index in [1.165, 1.54) is 12.7 Å². The summed E-state index contributed by atoms with van der Waals surface area (Å²) in [5, 5.41) is 7.11. The third-order valence-electron chi connectivity index (χ3n) is 3.65. The fourth-order valence-electron chi connectivity index (χ4n) is 2.31. The smallest absolute Gasteiger partial charge is 0.341 e. The highest BCUT2D eigenvalue weighted by Crippen LogP contribution is 2.15. The molecule has 0 aliphatic carbocycles. The first-order chi connectivity index (χ1) is 12.0. The Labute approximate surface area is 152 Å². The number of aryl methyl sites for hydroxylation is 1. The van der Waals surface area contributed by atoms with E-state index in [9.17, 15) is 4.79 Å². The van der Waals surface area contributed by atoms with Crippen molar-refractivity contribution < 1.29 is 13.9 Å². The van der Waals surface area contributed by atoms with E-state index in [0.717, 1.165) is 18.0 Å². The normalized spacial score (nSPS) is 11.3. The topological polar surface area (TPSA) is 75.9 Å². The SMILES string of the molecule is CN=C(NCCc1ccc(Cl)cc1)NCc1cc(C(=O)OC)c(C)o1. The third kappa shape index (κ3) is 5.53. The molecule has 1 heterocycles. The molecule has 1 aromatic heterocycles. The van der Waals surface area contributed by atoms with Gasteiger partial charge in [-0.15, -0.1) is 0 Å². The number of methoxy groups -OCH3 is 1. The van der Waals surface area contributed by atoms with Gasteiger partial charge in [0.15, 0.2) is 5.96 Å². The van der Waals surface area contributed by atoms with E-state index < -0.39 is 5.97 Å². The lowest BCUT2D eigenvalue weighted by Gasteiger charge is -2.11. The first kappa shape index (κ1) is 18.9. The van der Waals surface area contributed by atoms with Gasteiger partial charge in [0.05, 0.1) is 13.7 Å². The zero-order valence-electron chi connectivity index (χ0n) is 14.6. The molecule has 2 rings (SSSR count). The van der Waals surface area contributed by atoms with E-state index in [0.29, 0.717) is 29.6 Å². The highest BCUT2D eigenvalue weighted by Gasteiger charge is 2.15. The molecule has 2 aromatic rings. The van der Waals surface area contributed by atoms with E-state index in [4.69, 9.17) is 20.8 Å². The number of ether oxygens (including phenoxy) is 1. The van der Waals surface area contributed by atoms with E-state index in [1.54, 1.807) is 20.0 Å². The number of benzene rings is 1. The number of rotatable bonds is 6. The van der Waals surface area contributed by atoms with Crippen molar-refractivity contribution in [3.8, 4) is 0 Å². The lowest BCUT2D eigenvalue weighted by molar-refractivity contribution is 0.0599. The molecule has 6 nitrogen and oxygen atoms in total. The molecule has 0 amide bonds. The molecule has 0 radical (unpaired) electrons. The lowest BCUT2D eigenvalue weighted by atomic mass is 10.1. The monoisotopic (exact) mass is 363 g/mol. The van der Waals surface area contributed by atoms with Crippen LogP contribution in [-0.2, 0) is 17.7 Å². The Kier molecular flexibility index (Phi) is 6.89. The molecule has 0 saturated heterocycles. The minimum atomic E-state index is -0.405. The number of halogens is 1. The number of hydrogen-bond acceptors (Lipinski definition) is 4. The number of carbonyl (C=O) groups excluding carboxylic acids is 1. The Morgan fingerprint density at radius 2 is 2.00 bits per heavy atom. The Bertz CT molecular complexity index is 739. The predicted octanol–water partition coefficient (Wildman–Crippen LogP) is 2.94. The number of guanidine groups is 1. The van der Waals surface area contributed by atoms with Crippen LogP contribution in [0.3, 0.4) is 0 Å². The number of furan rings is 1. The fraction of sp³-hybridized carbons (Fsp3) is 0.333. The lowest BCUT2D eigenvalue weighted by Crippen LogP contribution is -2.37. The first-order valence-electron chi connectivity index (χ1n) is 7.90. The summed E-state index contributed by atoms with van der Waals surface area (Å²) in [4.78, 5) is 15.8. The molecule has 134 valence electrons. The molecule has 25 heavy (non-hydrogen) atoms. The zero-order valence-corrected chi connectivity index (χ0v) is 15.3. The molecular formula is C18H22ClN3O3. The standard InChI is InChI=1S/C18H22ClN3O3/c1-12-16(17(23)24-3)10-15(25-12)11-22-18(20-2)21-9-8-13-4-6-14(19)7-5-13/h4-7,10H,8-9,11H2,1-3H3,(H2,20,21,22). The van der Waals surface area contributed by atoms with Crippen LogP contribution in [0.4, 0.5) is 0 Å². The highest BCUT2D eigenvalue weighted by atomic mass is 35.5. The second kappa shape index (κ2) is 9.13. The molecule has 0 bridgehead atoms. The average molecular weight is 364 g/mol. The van der Waals surface area contributed by atoms with Gasteiger partial charge < -0.3 is 19.8 Å². The Hall–Kier alpha value is -2.47. The molecule has 0 saturated carbocycles. The van der Waals surface area contributed by atoms with Gasteiger partial charge in [0, 0.05) is 18.6 Å². The van der Waals surface area contributed by atoms with Crippen LogP contribution in [0.1, 0.15) is 27.4 Å². The van der Waals surface area contributed by atoms with Gasteiger partial charge in [-0.05, 0) is 37.1 Å². The fourth-order valence-corrected chi connectivity index (χ4v) is 2.44. The van der Waals surface area contributed by atoms with Crippen molar-refractivity contribution in [1.82, 2.24) is 10.6 Å². The second-order valence-corrected chi connectivity index (χ2v) is 5.84. The van der Waals surface area contributed by atoms with Crippen LogP contribution >= 0.6 is 11.6 Å². The summed E-state index contributed by atoms with van der Waals surface area (Å²) in [6.45, 7) is 2.87. The quantitative estimate of drug-likeness (QED) is 0.469. The van der Waals surface area contributed by atoms with Crippen LogP contribution in [0.25, 0.3) is 0 Å². The maximum absolute atomic E-state index is 11.6. The predicted molar refractivity (Wildman–Crippen MR) is 98.1 cm³/mol. The van der Waals surface area contributed by atoms with E-state index in [1.807, 2.05) is 24.3 Å². The van der Waals surface area contributed by atoms with Gasteiger partial charge in [-0.3, -0.25) is 4.99 Å². The summed E-state index contributed by atoms with van der Waals surface area (Å²) in [7, 11) is 3.05. The average Bonchev–Trinajstić information content (AvgIpc) is 2.99. The van der Waals surface area contributed by atoms with Crippen molar-refractivity contribution in [1.29, 1.82) is 0 Å². The molecule has 0 atom stereocenters. The number of hydrogen-bond donors (Lipinski definition) is 2. The molecule has 0 aliphatic heterocycles. The van der Waals surface area contributed by atoms with Crippen LogP contribution in [0.5, 0.6) is 0 Å². The van der Waals surface area contributed by atoms with Gasteiger partial charge in [-0.25, -0.2) is 4.79 Å². The van der Waals surface area contributed by atoms with Gasteiger partial charge in [0.1, 0.15) is 17.1 Å². The van der Waals surface area contributed by atoms with E-state index in [2.05, 4.69) is 15.6 Å². The van der Waals surface area contributed by atoms with Crippen LogP contribution in [0.2, 0.25) is 5.02 Å². The zero-order chi connectivity index (χ0) is 18.2. The summed E-state index contributed by atoms with van der Waals surface area (Å²) < 4.78 is 10.3. The van der Waals surface area contributed by atoms with Crippen LogP contribution in [0, 0.1) is 6.92 Å². The van der Waals surface area contributed by atoms with Crippen LogP contribution in [-0.4, -0.2) is 32.6 Å². The Morgan fingerprint density at radius 1 is 1.28 bits per heavy atom. The molecule has 1 aromatic carbocycles. The van der Waals surface area contributed by atoms with Crippen molar-refractivity contribution in [2.45, 2.75) is 19.9 Å². The van der Waals surface area contributed by atoms with Gasteiger partial charge in [-0.1, -0.05) is 23.7 Å². The first-order valence-corrected chi connectivity index (χ1v) is 8.28. The number of esters is 1. The molecular weight excluding hydrogens is 342 g/mol. The maximum atomic E-state index is 11.6. The minimum absolute atomic E-state index is 0.405. The second-order valence-electron chi connectivity index (χ2n) is 5.40. The molecule has 0 spiro atoms. The van der Waals surface area contributed by atoms with Crippen molar-refractivity contribution in [2.24, 2.45) is 4.99 Å². The summed E-state index contributed by atoms with van der Waals surface area (Å²) in [6, 6.07) is 9.43. The molecule has 0 unspecified atom stereocenters. The number of aliphatic imine (C=N–C) groups is 1.